The first-order valence-corrected chi connectivity index (χ1v) is 6.93. The molecule has 98 valence electrons. The minimum atomic E-state index is -0.165. The Kier molecular flexibility index (Phi) is 4.37. The van der Waals surface area contributed by atoms with Gasteiger partial charge < -0.3 is 10.6 Å². The number of hydrogen-bond acceptors (Lipinski definition) is 2. The number of anilines is 1. The third-order valence-electron chi connectivity index (χ3n) is 3.36. The molecule has 18 heavy (non-hydrogen) atoms. The van der Waals surface area contributed by atoms with Gasteiger partial charge in [-0.1, -0.05) is 32.4 Å². The SMILES string of the molecule is CCCCc1ccc2c(c1)C(NCCC)C(=O)N2. The highest BCUT2D eigenvalue weighted by Crippen LogP contribution is 2.31. The summed E-state index contributed by atoms with van der Waals surface area (Å²) in [6.07, 6.45) is 4.53. The fourth-order valence-electron chi connectivity index (χ4n) is 2.34. The normalized spacial score (nSPS) is 17.7. The highest BCUT2D eigenvalue weighted by molar-refractivity contribution is 6.02. The third kappa shape index (κ3) is 2.72. The third-order valence-corrected chi connectivity index (χ3v) is 3.36. The smallest absolute Gasteiger partial charge is 0.246 e. The summed E-state index contributed by atoms with van der Waals surface area (Å²) >= 11 is 0. The van der Waals surface area contributed by atoms with Gasteiger partial charge in [-0.05, 0) is 37.4 Å². The van der Waals surface area contributed by atoms with Crippen LogP contribution in [0.25, 0.3) is 0 Å². The highest BCUT2D eigenvalue weighted by Gasteiger charge is 2.29. The van der Waals surface area contributed by atoms with Gasteiger partial charge >= 0.3 is 0 Å². The van der Waals surface area contributed by atoms with E-state index in [1.807, 2.05) is 6.07 Å². The minimum Gasteiger partial charge on any atom is -0.324 e. The fourth-order valence-corrected chi connectivity index (χ4v) is 2.34. The number of fused-ring (bicyclic) bond motifs is 1. The lowest BCUT2D eigenvalue weighted by atomic mass is 10.0. The quantitative estimate of drug-likeness (QED) is 0.810. The van der Waals surface area contributed by atoms with Crippen molar-refractivity contribution in [3.63, 3.8) is 0 Å². The van der Waals surface area contributed by atoms with Gasteiger partial charge in [-0.25, -0.2) is 0 Å². The van der Waals surface area contributed by atoms with Crippen LogP contribution in [0.3, 0.4) is 0 Å². The molecular formula is C15H22N2O. The van der Waals surface area contributed by atoms with Gasteiger partial charge in [0.25, 0.3) is 0 Å². The number of benzene rings is 1. The predicted molar refractivity (Wildman–Crippen MR) is 74.7 cm³/mol. The lowest BCUT2D eigenvalue weighted by Gasteiger charge is -2.11. The van der Waals surface area contributed by atoms with E-state index in [9.17, 15) is 4.79 Å². The number of hydrogen-bond donors (Lipinski definition) is 2. The zero-order chi connectivity index (χ0) is 13.0. The molecule has 1 amide bonds. The van der Waals surface area contributed by atoms with E-state index < -0.39 is 0 Å². The molecule has 0 aromatic heterocycles. The first kappa shape index (κ1) is 13.1. The second-order valence-electron chi connectivity index (χ2n) is 4.90. The average molecular weight is 246 g/mol. The molecule has 1 atom stereocenters. The van der Waals surface area contributed by atoms with Crippen LogP contribution in [0, 0.1) is 0 Å². The van der Waals surface area contributed by atoms with Crippen LogP contribution in [0.5, 0.6) is 0 Å². The largest absolute Gasteiger partial charge is 0.324 e. The summed E-state index contributed by atoms with van der Waals surface area (Å²) < 4.78 is 0. The van der Waals surface area contributed by atoms with E-state index in [0.29, 0.717) is 0 Å². The number of carbonyl (C=O) groups is 1. The summed E-state index contributed by atoms with van der Waals surface area (Å²) in [5.41, 5.74) is 3.41. The molecule has 0 saturated carbocycles. The molecule has 3 heteroatoms. The number of nitrogens with one attached hydrogen (secondary N) is 2. The van der Waals surface area contributed by atoms with Crippen LogP contribution in [0.15, 0.2) is 18.2 Å². The molecule has 1 aliphatic rings. The Morgan fingerprint density at radius 1 is 1.28 bits per heavy atom. The van der Waals surface area contributed by atoms with Gasteiger partial charge in [-0.3, -0.25) is 4.79 Å². The van der Waals surface area contributed by atoms with Gasteiger partial charge in [0.1, 0.15) is 6.04 Å². The molecule has 0 fully saturated rings. The zero-order valence-electron chi connectivity index (χ0n) is 11.3. The van der Waals surface area contributed by atoms with Crippen LogP contribution < -0.4 is 10.6 Å². The van der Waals surface area contributed by atoms with Crippen molar-refractivity contribution in [1.29, 1.82) is 0 Å². The maximum Gasteiger partial charge on any atom is 0.246 e. The van der Waals surface area contributed by atoms with E-state index in [1.165, 1.54) is 18.4 Å². The van der Waals surface area contributed by atoms with Gasteiger partial charge in [0.2, 0.25) is 5.91 Å². The summed E-state index contributed by atoms with van der Waals surface area (Å²) in [7, 11) is 0. The topological polar surface area (TPSA) is 41.1 Å². The van der Waals surface area contributed by atoms with E-state index >= 15 is 0 Å². The van der Waals surface area contributed by atoms with Crippen molar-refractivity contribution < 1.29 is 4.79 Å². The predicted octanol–water partition coefficient (Wildman–Crippen LogP) is 3.02. The Hall–Kier alpha value is -1.35. The molecule has 0 bridgehead atoms. The lowest BCUT2D eigenvalue weighted by Crippen LogP contribution is -2.28. The van der Waals surface area contributed by atoms with Crippen molar-refractivity contribution >= 4 is 11.6 Å². The Morgan fingerprint density at radius 3 is 2.83 bits per heavy atom. The average Bonchev–Trinajstić information content (AvgIpc) is 2.69. The summed E-state index contributed by atoms with van der Waals surface area (Å²) in [5, 5.41) is 6.25. The van der Waals surface area contributed by atoms with Crippen LogP contribution in [0.2, 0.25) is 0 Å². The summed E-state index contributed by atoms with van der Waals surface area (Å²) in [6, 6.07) is 6.17. The molecule has 3 nitrogen and oxygen atoms in total. The molecule has 1 unspecified atom stereocenters. The highest BCUT2D eigenvalue weighted by atomic mass is 16.2. The van der Waals surface area contributed by atoms with Crippen molar-refractivity contribution in [2.45, 2.75) is 45.6 Å². The van der Waals surface area contributed by atoms with Gasteiger partial charge in [-0.15, -0.1) is 0 Å². The van der Waals surface area contributed by atoms with E-state index in [-0.39, 0.29) is 11.9 Å². The van der Waals surface area contributed by atoms with Crippen LogP contribution in [0.4, 0.5) is 5.69 Å². The van der Waals surface area contributed by atoms with Crippen molar-refractivity contribution in [3.8, 4) is 0 Å². The van der Waals surface area contributed by atoms with Crippen LogP contribution in [-0.2, 0) is 11.2 Å². The molecule has 2 N–H and O–H groups in total. The number of amides is 1. The second kappa shape index (κ2) is 6.01. The number of carbonyl (C=O) groups excluding carboxylic acids is 1. The van der Waals surface area contributed by atoms with Crippen molar-refractivity contribution in [1.82, 2.24) is 5.32 Å². The Balaban J connectivity index is 2.16. The number of aryl methyl sites for hydroxylation is 1. The van der Waals surface area contributed by atoms with E-state index in [1.54, 1.807) is 0 Å². The molecular weight excluding hydrogens is 224 g/mol. The maximum atomic E-state index is 11.9. The molecule has 0 saturated heterocycles. The summed E-state index contributed by atoms with van der Waals surface area (Å²) in [4.78, 5) is 11.9. The van der Waals surface area contributed by atoms with Crippen LogP contribution >= 0.6 is 0 Å². The number of rotatable bonds is 6. The zero-order valence-corrected chi connectivity index (χ0v) is 11.3. The van der Waals surface area contributed by atoms with Gasteiger partial charge in [-0.2, -0.15) is 0 Å². The molecule has 0 radical (unpaired) electrons. The van der Waals surface area contributed by atoms with Crippen molar-refractivity contribution in [2.75, 3.05) is 11.9 Å². The molecule has 1 aromatic rings. The minimum absolute atomic E-state index is 0.0751. The van der Waals surface area contributed by atoms with Crippen molar-refractivity contribution in [2.24, 2.45) is 0 Å². The van der Waals surface area contributed by atoms with Crippen LogP contribution in [0.1, 0.15) is 50.3 Å². The van der Waals surface area contributed by atoms with Crippen molar-refractivity contribution in [3.05, 3.63) is 29.3 Å². The Morgan fingerprint density at radius 2 is 2.11 bits per heavy atom. The first-order valence-electron chi connectivity index (χ1n) is 6.93. The number of unbranched alkanes of at least 4 members (excludes halogenated alkanes) is 1. The molecule has 1 aliphatic heterocycles. The van der Waals surface area contributed by atoms with Gasteiger partial charge in [0.05, 0.1) is 0 Å². The van der Waals surface area contributed by atoms with E-state index in [0.717, 1.165) is 30.6 Å². The Labute approximate surface area is 109 Å². The molecule has 1 heterocycles. The maximum absolute atomic E-state index is 11.9. The van der Waals surface area contributed by atoms with Gasteiger partial charge in [0.15, 0.2) is 0 Å². The molecule has 0 spiro atoms. The molecule has 1 aromatic carbocycles. The summed E-state index contributed by atoms with van der Waals surface area (Å²) in [6.45, 7) is 5.18. The summed E-state index contributed by atoms with van der Waals surface area (Å²) in [5.74, 6) is 0.0751. The van der Waals surface area contributed by atoms with E-state index in [2.05, 4.69) is 36.6 Å². The van der Waals surface area contributed by atoms with E-state index in [4.69, 9.17) is 0 Å². The monoisotopic (exact) mass is 246 g/mol. The standard InChI is InChI=1S/C15H22N2O/c1-3-5-6-11-7-8-13-12(10-11)14(15(18)17-13)16-9-4-2/h7-8,10,14,16H,3-6,9H2,1-2H3,(H,17,18). The lowest BCUT2D eigenvalue weighted by molar-refractivity contribution is -0.117. The Bertz CT molecular complexity index is 429. The first-order chi connectivity index (χ1) is 8.76. The second-order valence-corrected chi connectivity index (χ2v) is 4.90. The molecule has 0 aliphatic carbocycles. The fraction of sp³-hybridized carbons (Fsp3) is 0.533. The molecule has 2 rings (SSSR count). The van der Waals surface area contributed by atoms with Crippen LogP contribution in [-0.4, -0.2) is 12.5 Å². The van der Waals surface area contributed by atoms with Gasteiger partial charge in [0, 0.05) is 11.3 Å².